The molecule has 1 N–H and O–H groups in total. The Bertz CT molecular complexity index is 768. The zero-order valence-corrected chi connectivity index (χ0v) is 13.2. The first-order chi connectivity index (χ1) is 11.1. The summed E-state index contributed by atoms with van der Waals surface area (Å²) in [5, 5.41) is 2.98. The maximum Gasteiger partial charge on any atom is 0.295 e. The molecule has 1 aromatic carbocycles. The fraction of sp³-hybridized carbons (Fsp3) is 0.188. The molecule has 6 nitrogen and oxygen atoms in total. The van der Waals surface area contributed by atoms with E-state index < -0.39 is 5.91 Å². The van der Waals surface area contributed by atoms with Gasteiger partial charge in [0.25, 0.3) is 5.91 Å². The third-order valence-electron chi connectivity index (χ3n) is 3.09. The Hall–Kier alpha value is -2.67. The van der Waals surface area contributed by atoms with Gasteiger partial charge in [0, 0.05) is 12.5 Å². The summed E-state index contributed by atoms with van der Waals surface area (Å²) in [6.45, 7) is 2.22. The summed E-state index contributed by atoms with van der Waals surface area (Å²) in [5.74, 6) is -0.455. The van der Waals surface area contributed by atoms with Crippen LogP contribution in [0.4, 0.5) is 5.13 Å². The summed E-state index contributed by atoms with van der Waals surface area (Å²) in [7, 11) is 0. The molecule has 0 saturated carbocycles. The van der Waals surface area contributed by atoms with Crippen molar-refractivity contribution >= 4 is 28.2 Å². The van der Waals surface area contributed by atoms with Gasteiger partial charge in [-0.2, -0.15) is 0 Å². The van der Waals surface area contributed by atoms with Gasteiger partial charge >= 0.3 is 0 Å². The van der Waals surface area contributed by atoms with Gasteiger partial charge < -0.3 is 9.47 Å². The van der Waals surface area contributed by atoms with Crippen molar-refractivity contribution in [2.24, 2.45) is 0 Å². The molecule has 0 fully saturated rings. The summed E-state index contributed by atoms with van der Waals surface area (Å²) >= 11 is 1.14. The molecule has 0 saturated heterocycles. The number of carbonyl (C=O) groups excluding carboxylic acids is 2. The Morgan fingerprint density at radius 1 is 1.22 bits per heavy atom. The van der Waals surface area contributed by atoms with E-state index in [-0.39, 0.29) is 11.5 Å². The van der Waals surface area contributed by atoms with Crippen molar-refractivity contribution in [3.8, 4) is 11.3 Å². The molecule has 0 unspecified atom stereocenters. The van der Waals surface area contributed by atoms with Crippen molar-refractivity contribution in [3.05, 3.63) is 47.2 Å². The van der Waals surface area contributed by atoms with Crippen LogP contribution < -0.4 is 5.32 Å². The molecule has 0 aliphatic carbocycles. The van der Waals surface area contributed by atoms with Gasteiger partial charge in [-0.15, -0.1) is 0 Å². The van der Waals surface area contributed by atoms with E-state index in [1.165, 1.54) is 13.2 Å². The molecule has 3 rings (SSSR count). The van der Waals surface area contributed by atoms with Gasteiger partial charge in [-0.1, -0.05) is 41.7 Å². The Kier molecular flexibility index (Phi) is 4.38. The minimum Gasteiger partial charge on any atom is -0.494 e. The fourth-order valence-electron chi connectivity index (χ4n) is 2.05. The molecule has 0 spiro atoms. The zero-order valence-electron chi connectivity index (χ0n) is 12.4. The lowest BCUT2D eigenvalue weighted by Crippen LogP contribution is -2.21. The Balaban J connectivity index is 1.88. The number of aromatic nitrogens is 1. The molecule has 0 bridgehead atoms. The number of rotatable bonds is 4. The molecule has 1 aromatic heterocycles. The zero-order chi connectivity index (χ0) is 16.2. The van der Waals surface area contributed by atoms with E-state index in [0.717, 1.165) is 16.9 Å². The molecular formula is C16H14N2O4S. The number of thiazole rings is 1. The fourth-order valence-corrected chi connectivity index (χ4v) is 2.93. The third kappa shape index (κ3) is 3.40. The van der Waals surface area contributed by atoms with Gasteiger partial charge in [-0.3, -0.25) is 14.9 Å². The van der Waals surface area contributed by atoms with E-state index in [4.69, 9.17) is 9.47 Å². The molecule has 118 valence electrons. The van der Waals surface area contributed by atoms with Gasteiger partial charge in [-0.25, -0.2) is 4.98 Å². The third-order valence-corrected chi connectivity index (χ3v) is 4.16. The van der Waals surface area contributed by atoms with E-state index in [9.17, 15) is 9.59 Å². The number of nitrogens with one attached hydrogen (secondary N) is 1. The minimum atomic E-state index is -0.451. The summed E-state index contributed by atoms with van der Waals surface area (Å²) in [5.41, 5.74) is 1.39. The van der Waals surface area contributed by atoms with Crippen LogP contribution in [-0.4, -0.2) is 29.9 Å². The van der Waals surface area contributed by atoms with E-state index >= 15 is 0 Å². The summed E-state index contributed by atoms with van der Waals surface area (Å²) in [6.07, 6.45) is 1.27. The number of anilines is 1. The number of carbonyl (C=O) groups is 2. The van der Waals surface area contributed by atoms with Crippen LogP contribution in [0.5, 0.6) is 0 Å². The second kappa shape index (κ2) is 6.62. The van der Waals surface area contributed by atoms with Crippen LogP contribution in [0.2, 0.25) is 0 Å². The molecule has 1 aliphatic heterocycles. The lowest BCUT2D eigenvalue weighted by molar-refractivity contribution is -0.117. The first kappa shape index (κ1) is 15.2. The van der Waals surface area contributed by atoms with Crippen LogP contribution in [0.3, 0.4) is 0 Å². The summed E-state index contributed by atoms with van der Waals surface area (Å²) < 4.78 is 10.3. The average Bonchev–Trinajstić information content (AvgIpc) is 3.00. The van der Waals surface area contributed by atoms with Crippen molar-refractivity contribution in [1.82, 2.24) is 4.98 Å². The van der Waals surface area contributed by atoms with Crippen LogP contribution in [0.1, 0.15) is 16.6 Å². The Morgan fingerprint density at radius 3 is 2.65 bits per heavy atom. The van der Waals surface area contributed by atoms with Crippen molar-refractivity contribution in [2.75, 3.05) is 18.5 Å². The van der Waals surface area contributed by atoms with Gasteiger partial charge in [0.1, 0.15) is 19.5 Å². The predicted molar refractivity (Wildman–Crippen MR) is 86.2 cm³/mol. The van der Waals surface area contributed by atoms with Crippen LogP contribution in [-0.2, 0) is 14.3 Å². The lowest BCUT2D eigenvalue weighted by Gasteiger charge is -2.14. The van der Waals surface area contributed by atoms with Gasteiger partial charge in [0.2, 0.25) is 5.76 Å². The lowest BCUT2D eigenvalue weighted by atomic mass is 10.1. The largest absolute Gasteiger partial charge is 0.494 e. The topological polar surface area (TPSA) is 77.5 Å². The average molecular weight is 330 g/mol. The second-order valence-electron chi connectivity index (χ2n) is 4.77. The summed E-state index contributed by atoms with van der Waals surface area (Å²) in [4.78, 5) is 28.8. The van der Waals surface area contributed by atoms with Crippen molar-refractivity contribution < 1.29 is 19.1 Å². The first-order valence-electron chi connectivity index (χ1n) is 6.98. The number of ketones is 1. The highest BCUT2D eigenvalue weighted by Gasteiger charge is 2.20. The normalized spacial score (nSPS) is 13.5. The van der Waals surface area contributed by atoms with Crippen LogP contribution in [0.25, 0.3) is 11.3 Å². The quantitative estimate of drug-likeness (QED) is 0.872. The number of ether oxygens (including phenoxy) is 2. The highest BCUT2D eigenvalue weighted by molar-refractivity contribution is 7.18. The van der Waals surface area contributed by atoms with Crippen molar-refractivity contribution in [2.45, 2.75) is 6.92 Å². The maximum atomic E-state index is 12.1. The Labute approximate surface area is 136 Å². The molecule has 23 heavy (non-hydrogen) atoms. The number of nitrogens with zero attached hydrogens (tertiary/aromatic N) is 1. The van der Waals surface area contributed by atoms with Crippen LogP contribution in [0, 0.1) is 0 Å². The van der Waals surface area contributed by atoms with Crippen molar-refractivity contribution in [3.63, 3.8) is 0 Å². The molecule has 0 atom stereocenters. The second-order valence-corrected chi connectivity index (χ2v) is 5.77. The monoisotopic (exact) mass is 330 g/mol. The van der Waals surface area contributed by atoms with Gasteiger partial charge in [0.05, 0.1) is 10.6 Å². The summed E-state index contributed by atoms with van der Waals surface area (Å²) in [6, 6.07) is 9.37. The molecule has 2 heterocycles. The van der Waals surface area contributed by atoms with Crippen LogP contribution >= 0.6 is 11.3 Å². The highest BCUT2D eigenvalue weighted by Crippen LogP contribution is 2.31. The van der Waals surface area contributed by atoms with E-state index in [0.29, 0.717) is 28.9 Å². The number of hydrogen-bond acceptors (Lipinski definition) is 6. The molecular weight excluding hydrogens is 316 g/mol. The number of amides is 1. The molecule has 0 radical (unpaired) electrons. The minimum absolute atomic E-state index is 0.0945. The van der Waals surface area contributed by atoms with Crippen LogP contribution in [0.15, 0.2) is 42.4 Å². The molecule has 2 aromatic rings. The Morgan fingerprint density at radius 2 is 2.00 bits per heavy atom. The smallest absolute Gasteiger partial charge is 0.295 e. The SMILES string of the molecule is CC(=O)c1sc(NC(=O)C2=COCCO2)nc1-c1ccccc1. The predicted octanol–water partition coefficient (Wildman–Crippen LogP) is 2.84. The van der Waals surface area contributed by atoms with Crippen molar-refractivity contribution in [1.29, 1.82) is 0 Å². The van der Waals surface area contributed by atoms with E-state index in [2.05, 4.69) is 10.3 Å². The standard InChI is InChI=1S/C16H14N2O4S/c1-10(19)14-13(11-5-3-2-4-6-11)17-16(23-14)18-15(20)12-9-21-7-8-22-12/h2-6,9H,7-8H2,1H3,(H,17,18,20). The number of hydrogen-bond donors (Lipinski definition) is 1. The molecule has 1 aliphatic rings. The molecule has 1 amide bonds. The van der Waals surface area contributed by atoms with E-state index in [1.54, 1.807) is 0 Å². The van der Waals surface area contributed by atoms with E-state index in [1.807, 2.05) is 30.3 Å². The molecule has 7 heteroatoms. The number of benzene rings is 1. The highest BCUT2D eigenvalue weighted by atomic mass is 32.1. The van der Waals surface area contributed by atoms with Gasteiger partial charge in [0.15, 0.2) is 10.9 Å². The first-order valence-corrected chi connectivity index (χ1v) is 7.80. The van der Waals surface area contributed by atoms with Gasteiger partial charge in [-0.05, 0) is 0 Å². The maximum absolute atomic E-state index is 12.1. The number of Topliss-reactive ketones (excluding diaryl/α,β-unsaturated/α-hetero) is 1.